The third kappa shape index (κ3) is 5.10. The van der Waals surface area contributed by atoms with Crippen molar-refractivity contribution in [3.05, 3.63) is 53.1 Å². The van der Waals surface area contributed by atoms with Crippen molar-refractivity contribution in [2.75, 3.05) is 25.0 Å². The van der Waals surface area contributed by atoms with Crippen LogP contribution in [0.1, 0.15) is 37.0 Å². The Morgan fingerprint density at radius 2 is 1.93 bits per heavy atom. The number of carbonyl (C=O) groups excluding carboxylic acids is 1. The van der Waals surface area contributed by atoms with Crippen LogP contribution in [0.25, 0.3) is 0 Å². The quantitative estimate of drug-likeness (QED) is 0.727. The lowest BCUT2D eigenvalue weighted by Gasteiger charge is -2.29. The fourth-order valence-electron chi connectivity index (χ4n) is 3.24. The number of sulfonamides is 1. The smallest absolute Gasteiger partial charge is 0.257 e. The Balaban J connectivity index is 1.83. The van der Waals surface area contributed by atoms with Gasteiger partial charge in [0.1, 0.15) is 5.75 Å². The third-order valence-corrected chi connectivity index (χ3v) is 7.19. The molecule has 8 heteroatoms. The second-order valence-electron chi connectivity index (χ2n) is 7.14. The minimum Gasteiger partial charge on any atom is -0.494 e. The molecule has 0 saturated carbocycles. The number of anilines is 1. The summed E-state index contributed by atoms with van der Waals surface area (Å²) in [6.45, 7) is 5.48. The fourth-order valence-corrected chi connectivity index (χ4v) is 4.94. The van der Waals surface area contributed by atoms with Gasteiger partial charge in [-0.3, -0.25) is 4.79 Å². The monoisotopic (exact) mass is 436 g/mol. The second kappa shape index (κ2) is 9.15. The number of carbonyl (C=O) groups is 1. The Labute approximate surface area is 176 Å². The Morgan fingerprint density at radius 1 is 1.21 bits per heavy atom. The molecule has 0 aliphatic carbocycles. The van der Waals surface area contributed by atoms with E-state index in [1.54, 1.807) is 24.3 Å². The molecular formula is C21H25ClN2O4S. The third-order valence-electron chi connectivity index (χ3n) is 4.97. The maximum Gasteiger partial charge on any atom is 0.257 e. The molecule has 1 N–H and O–H groups in total. The van der Waals surface area contributed by atoms with E-state index < -0.39 is 15.9 Å². The molecule has 1 saturated heterocycles. The Hall–Kier alpha value is -2.09. The minimum atomic E-state index is -3.67. The molecule has 0 spiro atoms. The van der Waals surface area contributed by atoms with Gasteiger partial charge in [0.2, 0.25) is 10.0 Å². The number of hydrogen-bond donors (Lipinski definition) is 1. The van der Waals surface area contributed by atoms with Gasteiger partial charge in [-0.2, -0.15) is 4.31 Å². The maximum absolute atomic E-state index is 13.0. The summed E-state index contributed by atoms with van der Waals surface area (Å²) in [5, 5.41) is 2.94. The molecule has 2 aromatic rings. The zero-order valence-electron chi connectivity index (χ0n) is 16.5. The van der Waals surface area contributed by atoms with Gasteiger partial charge in [0.05, 0.1) is 22.1 Å². The molecule has 0 aromatic heterocycles. The van der Waals surface area contributed by atoms with Gasteiger partial charge in [-0.25, -0.2) is 8.42 Å². The van der Waals surface area contributed by atoms with Gasteiger partial charge in [0.15, 0.2) is 0 Å². The Bertz CT molecular complexity index is 986. The van der Waals surface area contributed by atoms with Crippen molar-refractivity contribution in [2.45, 2.75) is 31.6 Å². The molecule has 1 aliphatic heterocycles. The summed E-state index contributed by atoms with van der Waals surface area (Å²) in [5.41, 5.74) is 0.648. The lowest BCUT2D eigenvalue weighted by Crippen LogP contribution is -2.37. The van der Waals surface area contributed by atoms with E-state index in [0.717, 1.165) is 12.8 Å². The Kier molecular flexibility index (Phi) is 6.82. The largest absolute Gasteiger partial charge is 0.494 e. The summed E-state index contributed by atoms with van der Waals surface area (Å²) in [6, 6.07) is 11.2. The van der Waals surface area contributed by atoms with Gasteiger partial charge in [-0.1, -0.05) is 24.6 Å². The highest BCUT2D eigenvalue weighted by atomic mass is 35.5. The van der Waals surface area contributed by atoms with E-state index in [4.69, 9.17) is 16.3 Å². The predicted molar refractivity (Wildman–Crippen MR) is 114 cm³/mol. The van der Waals surface area contributed by atoms with Crippen LogP contribution < -0.4 is 10.1 Å². The van der Waals surface area contributed by atoms with Crippen LogP contribution >= 0.6 is 11.6 Å². The van der Waals surface area contributed by atoms with Crippen molar-refractivity contribution < 1.29 is 17.9 Å². The molecule has 3 rings (SSSR count). The van der Waals surface area contributed by atoms with E-state index in [2.05, 4.69) is 12.2 Å². The molecule has 2 aromatic carbocycles. The number of nitrogens with zero attached hydrogens (tertiary/aromatic N) is 1. The molecule has 1 fully saturated rings. The highest BCUT2D eigenvalue weighted by molar-refractivity contribution is 7.89. The first-order chi connectivity index (χ1) is 13.8. The van der Waals surface area contributed by atoms with Crippen molar-refractivity contribution in [1.29, 1.82) is 0 Å². The molecule has 1 aliphatic rings. The van der Waals surface area contributed by atoms with Gasteiger partial charge in [-0.15, -0.1) is 0 Å². The normalized spacial score (nSPS) is 15.8. The minimum absolute atomic E-state index is 0.0738. The zero-order valence-corrected chi connectivity index (χ0v) is 18.1. The number of halogens is 1. The number of amides is 1. The summed E-state index contributed by atoms with van der Waals surface area (Å²) in [5.74, 6) is 0.667. The Morgan fingerprint density at radius 3 is 2.62 bits per heavy atom. The fraction of sp³-hybridized carbons (Fsp3) is 0.381. The second-order valence-corrected chi connectivity index (χ2v) is 9.49. The molecule has 0 radical (unpaired) electrons. The molecule has 0 bridgehead atoms. The van der Waals surface area contributed by atoms with Crippen LogP contribution in [-0.4, -0.2) is 38.3 Å². The van der Waals surface area contributed by atoms with Crippen LogP contribution in [0.15, 0.2) is 47.4 Å². The molecule has 156 valence electrons. The first kappa shape index (κ1) is 21.6. The predicted octanol–water partition coefficient (Wildman–Crippen LogP) is 4.41. The summed E-state index contributed by atoms with van der Waals surface area (Å²) in [7, 11) is -3.67. The molecule has 6 nitrogen and oxygen atoms in total. The summed E-state index contributed by atoms with van der Waals surface area (Å²) >= 11 is 6.20. The van der Waals surface area contributed by atoms with Crippen LogP contribution in [-0.2, 0) is 10.0 Å². The average molecular weight is 437 g/mol. The summed E-state index contributed by atoms with van der Waals surface area (Å²) in [6.07, 6.45) is 1.66. The number of rotatable bonds is 6. The van der Waals surface area contributed by atoms with Crippen molar-refractivity contribution in [3.8, 4) is 5.75 Å². The first-order valence-electron chi connectivity index (χ1n) is 9.65. The van der Waals surface area contributed by atoms with E-state index in [1.807, 2.05) is 6.92 Å². The van der Waals surface area contributed by atoms with Crippen LogP contribution in [0.5, 0.6) is 5.75 Å². The molecule has 1 amide bonds. The van der Waals surface area contributed by atoms with E-state index in [0.29, 0.717) is 37.1 Å². The van der Waals surface area contributed by atoms with Crippen LogP contribution in [0.2, 0.25) is 5.02 Å². The SMILES string of the molecule is CCOc1cccc(NC(=O)c2cc(S(=O)(=O)N3CCC(C)CC3)ccc2Cl)c1. The highest BCUT2D eigenvalue weighted by Crippen LogP contribution is 2.27. The van der Waals surface area contributed by atoms with Crippen molar-refractivity contribution >= 4 is 33.2 Å². The molecule has 0 unspecified atom stereocenters. The summed E-state index contributed by atoms with van der Waals surface area (Å²) < 4.78 is 32.9. The number of benzene rings is 2. The van der Waals surface area contributed by atoms with Gasteiger partial charge in [0.25, 0.3) is 5.91 Å². The van der Waals surface area contributed by atoms with Crippen LogP contribution in [0.4, 0.5) is 5.69 Å². The zero-order chi connectivity index (χ0) is 21.0. The van der Waals surface area contributed by atoms with Gasteiger partial charge >= 0.3 is 0 Å². The molecule has 29 heavy (non-hydrogen) atoms. The van der Waals surface area contributed by atoms with Gasteiger partial charge in [-0.05, 0) is 56.0 Å². The summed E-state index contributed by atoms with van der Waals surface area (Å²) in [4.78, 5) is 12.8. The lowest BCUT2D eigenvalue weighted by molar-refractivity contribution is 0.102. The number of piperidine rings is 1. The van der Waals surface area contributed by atoms with E-state index in [9.17, 15) is 13.2 Å². The van der Waals surface area contributed by atoms with Crippen molar-refractivity contribution in [1.82, 2.24) is 4.31 Å². The number of ether oxygens (including phenoxy) is 1. The van der Waals surface area contributed by atoms with Crippen LogP contribution in [0.3, 0.4) is 0 Å². The van der Waals surface area contributed by atoms with Gasteiger partial charge in [0, 0.05) is 24.8 Å². The molecule has 1 heterocycles. The topological polar surface area (TPSA) is 75.7 Å². The van der Waals surface area contributed by atoms with E-state index in [-0.39, 0.29) is 15.5 Å². The average Bonchev–Trinajstić information content (AvgIpc) is 2.69. The lowest BCUT2D eigenvalue weighted by atomic mass is 10.0. The van der Waals surface area contributed by atoms with Crippen LogP contribution in [0, 0.1) is 5.92 Å². The van der Waals surface area contributed by atoms with E-state index >= 15 is 0 Å². The maximum atomic E-state index is 13.0. The van der Waals surface area contributed by atoms with Gasteiger partial charge < -0.3 is 10.1 Å². The molecule has 0 atom stereocenters. The standard InChI is InChI=1S/C21H25ClN2O4S/c1-3-28-17-6-4-5-16(13-17)23-21(25)19-14-18(7-8-20(19)22)29(26,27)24-11-9-15(2)10-12-24/h4-8,13-15H,3,9-12H2,1-2H3,(H,23,25). The number of hydrogen-bond acceptors (Lipinski definition) is 4. The van der Waals surface area contributed by atoms with Crippen molar-refractivity contribution in [3.63, 3.8) is 0 Å². The first-order valence-corrected chi connectivity index (χ1v) is 11.5. The van der Waals surface area contributed by atoms with E-state index in [1.165, 1.54) is 22.5 Å². The number of nitrogens with one attached hydrogen (secondary N) is 1. The molecular weight excluding hydrogens is 412 g/mol. The van der Waals surface area contributed by atoms with Crippen molar-refractivity contribution in [2.24, 2.45) is 5.92 Å². The highest BCUT2D eigenvalue weighted by Gasteiger charge is 2.29.